The Balaban J connectivity index is 2.81. The number of rotatable bonds is 1. The van der Waals surface area contributed by atoms with Crippen LogP contribution in [0.3, 0.4) is 0 Å². The molecule has 14 heavy (non-hydrogen) atoms. The Bertz CT molecular complexity index is 522. The normalized spacial score (nSPS) is 10.3. The van der Waals surface area contributed by atoms with E-state index >= 15 is 0 Å². The zero-order chi connectivity index (χ0) is 10.1. The molecule has 0 radical (unpaired) electrons. The zero-order valence-corrected chi connectivity index (χ0v) is 8.56. The van der Waals surface area contributed by atoms with Crippen molar-refractivity contribution < 1.29 is 5.11 Å². The fourth-order valence-corrected chi connectivity index (χ4v) is 2.43. The first kappa shape index (κ1) is 9.04. The van der Waals surface area contributed by atoms with E-state index in [1.54, 1.807) is 17.4 Å². The maximum Gasteiger partial charge on any atom is 0.120 e. The van der Waals surface area contributed by atoms with Gasteiger partial charge in [0.05, 0.1) is 12.5 Å². The molecule has 0 spiro atoms. The van der Waals surface area contributed by atoms with Gasteiger partial charge in [-0.3, -0.25) is 0 Å². The molecule has 0 bridgehead atoms. The number of fused-ring (bicyclic) bond motifs is 1. The first-order valence-electron chi connectivity index (χ1n) is 4.29. The van der Waals surface area contributed by atoms with Crippen LogP contribution in [0.5, 0.6) is 5.75 Å². The minimum atomic E-state index is 0.283. The second kappa shape index (κ2) is 3.32. The van der Waals surface area contributed by atoms with E-state index in [0.717, 1.165) is 21.2 Å². The SMILES string of the molecule is Cc1c(O)cc2sccc2c1CC#N. The maximum atomic E-state index is 9.64. The van der Waals surface area contributed by atoms with E-state index < -0.39 is 0 Å². The van der Waals surface area contributed by atoms with Gasteiger partial charge in [-0.2, -0.15) is 5.26 Å². The lowest BCUT2D eigenvalue weighted by molar-refractivity contribution is 0.471. The Morgan fingerprint density at radius 3 is 3.07 bits per heavy atom. The Kier molecular flexibility index (Phi) is 2.14. The van der Waals surface area contributed by atoms with Gasteiger partial charge in [0.15, 0.2) is 0 Å². The Hall–Kier alpha value is -1.53. The lowest BCUT2D eigenvalue weighted by Crippen LogP contribution is -1.88. The molecule has 2 rings (SSSR count). The molecule has 0 aliphatic heterocycles. The summed E-state index contributed by atoms with van der Waals surface area (Å²) >= 11 is 1.58. The fraction of sp³-hybridized carbons (Fsp3) is 0.182. The topological polar surface area (TPSA) is 44.0 Å². The average Bonchev–Trinajstić information content (AvgIpc) is 2.60. The van der Waals surface area contributed by atoms with Crippen molar-refractivity contribution >= 4 is 21.4 Å². The Labute approximate surface area is 86.0 Å². The van der Waals surface area contributed by atoms with Crippen molar-refractivity contribution in [2.24, 2.45) is 0 Å². The Morgan fingerprint density at radius 2 is 2.36 bits per heavy atom. The molecule has 1 aromatic carbocycles. The first-order chi connectivity index (χ1) is 6.74. The molecule has 0 unspecified atom stereocenters. The summed E-state index contributed by atoms with van der Waals surface area (Å²) in [6, 6.07) is 5.89. The van der Waals surface area contributed by atoms with Crippen LogP contribution in [0.1, 0.15) is 11.1 Å². The highest BCUT2D eigenvalue weighted by atomic mass is 32.1. The predicted octanol–water partition coefficient (Wildman–Crippen LogP) is 2.98. The molecule has 0 saturated carbocycles. The van der Waals surface area contributed by atoms with Crippen LogP contribution in [0.15, 0.2) is 17.5 Å². The molecule has 0 fully saturated rings. The number of phenolic OH excluding ortho intramolecular Hbond substituents is 1. The standard InChI is InChI=1S/C11H9NOS/c1-7-8(2-4-12)9-3-5-14-11(9)6-10(7)13/h3,5-6,13H,2H2,1H3. The number of hydrogen-bond donors (Lipinski definition) is 1. The largest absolute Gasteiger partial charge is 0.508 e. The van der Waals surface area contributed by atoms with E-state index in [2.05, 4.69) is 6.07 Å². The van der Waals surface area contributed by atoms with Crippen LogP contribution >= 0.6 is 11.3 Å². The lowest BCUT2D eigenvalue weighted by Gasteiger charge is -2.05. The van der Waals surface area contributed by atoms with Crippen LogP contribution in [0, 0.1) is 18.3 Å². The smallest absolute Gasteiger partial charge is 0.120 e. The zero-order valence-electron chi connectivity index (χ0n) is 7.74. The summed E-state index contributed by atoms with van der Waals surface area (Å²) in [4.78, 5) is 0. The minimum Gasteiger partial charge on any atom is -0.508 e. The molecule has 0 amide bonds. The van der Waals surface area contributed by atoms with Crippen LogP contribution in [0.2, 0.25) is 0 Å². The van der Waals surface area contributed by atoms with Gasteiger partial charge in [0.1, 0.15) is 5.75 Å². The second-order valence-electron chi connectivity index (χ2n) is 3.17. The summed E-state index contributed by atoms with van der Waals surface area (Å²) in [6.07, 6.45) is 0.355. The van der Waals surface area contributed by atoms with Gasteiger partial charge < -0.3 is 5.11 Å². The third-order valence-corrected chi connectivity index (χ3v) is 3.24. The molecular formula is C11H9NOS. The van der Waals surface area contributed by atoms with Crippen molar-refractivity contribution in [1.82, 2.24) is 0 Å². The second-order valence-corrected chi connectivity index (χ2v) is 4.11. The molecule has 0 aliphatic rings. The molecule has 70 valence electrons. The number of nitrogens with zero attached hydrogens (tertiary/aromatic N) is 1. The average molecular weight is 203 g/mol. The monoisotopic (exact) mass is 203 g/mol. The lowest BCUT2D eigenvalue weighted by atomic mass is 10.0. The van der Waals surface area contributed by atoms with Crippen LogP contribution in [0.25, 0.3) is 10.1 Å². The van der Waals surface area contributed by atoms with Crippen molar-refractivity contribution in [3.8, 4) is 11.8 Å². The highest BCUT2D eigenvalue weighted by Gasteiger charge is 2.09. The molecule has 3 heteroatoms. The van der Waals surface area contributed by atoms with Crippen LogP contribution in [-0.4, -0.2) is 5.11 Å². The van der Waals surface area contributed by atoms with E-state index in [-0.39, 0.29) is 5.75 Å². The van der Waals surface area contributed by atoms with Gasteiger partial charge in [0.2, 0.25) is 0 Å². The maximum absolute atomic E-state index is 9.64. The highest BCUT2D eigenvalue weighted by molar-refractivity contribution is 7.17. The molecule has 0 atom stereocenters. The molecule has 2 aromatic rings. The molecule has 1 N–H and O–H groups in total. The van der Waals surface area contributed by atoms with Crippen molar-refractivity contribution in [1.29, 1.82) is 5.26 Å². The molecular weight excluding hydrogens is 194 g/mol. The van der Waals surface area contributed by atoms with E-state index in [0.29, 0.717) is 6.42 Å². The molecule has 2 nitrogen and oxygen atoms in total. The molecule has 1 heterocycles. The number of nitriles is 1. The van der Waals surface area contributed by atoms with Gasteiger partial charge in [0.25, 0.3) is 0 Å². The predicted molar refractivity (Wildman–Crippen MR) is 57.5 cm³/mol. The summed E-state index contributed by atoms with van der Waals surface area (Å²) in [7, 11) is 0. The molecule has 0 saturated heterocycles. The van der Waals surface area contributed by atoms with Crippen LogP contribution in [0.4, 0.5) is 0 Å². The number of hydrogen-bond acceptors (Lipinski definition) is 3. The van der Waals surface area contributed by atoms with E-state index in [9.17, 15) is 5.11 Å². The van der Waals surface area contributed by atoms with Gasteiger partial charge in [-0.25, -0.2) is 0 Å². The Morgan fingerprint density at radius 1 is 1.57 bits per heavy atom. The van der Waals surface area contributed by atoms with E-state index in [1.807, 2.05) is 18.4 Å². The minimum absolute atomic E-state index is 0.283. The third-order valence-electron chi connectivity index (χ3n) is 2.38. The third kappa shape index (κ3) is 1.24. The van der Waals surface area contributed by atoms with Gasteiger partial charge in [-0.15, -0.1) is 11.3 Å². The van der Waals surface area contributed by atoms with E-state index in [1.165, 1.54) is 0 Å². The highest BCUT2D eigenvalue weighted by Crippen LogP contribution is 2.32. The van der Waals surface area contributed by atoms with E-state index in [4.69, 9.17) is 5.26 Å². The van der Waals surface area contributed by atoms with Gasteiger partial charge in [-0.1, -0.05) is 0 Å². The van der Waals surface area contributed by atoms with Crippen molar-refractivity contribution in [2.75, 3.05) is 0 Å². The quantitative estimate of drug-likeness (QED) is 0.774. The van der Waals surface area contributed by atoms with Gasteiger partial charge in [-0.05, 0) is 40.9 Å². The van der Waals surface area contributed by atoms with Crippen LogP contribution in [-0.2, 0) is 6.42 Å². The first-order valence-corrected chi connectivity index (χ1v) is 5.17. The van der Waals surface area contributed by atoms with Gasteiger partial charge >= 0.3 is 0 Å². The summed E-state index contributed by atoms with van der Waals surface area (Å²) in [5.41, 5.74) is 1.76. The van der Waals surface area contributed by atoms with Gasteiger partial charge in [0, 0.05) is 4.70 Å². The fourth-order valence-electron chi connectivity index (χ4n) is 1.58. The molecule has 1 aromatic heterocycles. The number of thiophene rings is 1. The summed E-state index contributed by atoms with van der Waals surface area (Å²) in [5, 5.41) is 21.4. The number of phenols is 1. The summed E-state index contributed by atoms with van der Waals surface area (Å²) in [5.74, 6) is 0.283. The van der Waals surface area contributed by atoms with Crippen LogP contribution < -0.4 is 0 Å². The number of aromatic hydroxyl groups is 1. The van der Waals surface area contributed by atoms with Crippen molar-refractivity contribution in [2.45, 2.75) is 13.3 Å². The number of benzene rings is 1. The molecule has 0 aliphatic carbocycles. The van der Waals surface area contributed by atoms with Crippen molar-refractivity contribution in [3.63, 3.8) is 0 Å². The summed E-state index contributed by atoms with van der Waals surface area (Å²) in [6.45, 7) is 1.85. The van der Waals surface area contributed by atoms with Crippen molar-refractivity contribution in [3.05, 3.63) is 28.6 Å². The summed E-state index contributed by atoms with van der Waals surface area (Å²) < 4.78 is 1.04.